The molecule has 2 amide bonds. The molecule has 2 aromatic carbocycles. The summed E-state index contributed by atoms with van der Waals surface area (Å²) in [5.41, 5.74) is -1.97. The molecule has 64 heavy (non-hydrogen) atoms. The lowest BCUT2D eigenvalue weighted by Gasteiger charge is -2.35. The number of amides is 2. The van der Waals surface area contributed by atoms with E-state index in [1.165, 1.54) is 45.8 Å². The third kappa shape index (κ3) is 9.02. The molecular formula is C45H46F3N5O8S3. The number of hydrogen-bond acceptors (Lipinski definition) is 13. The van der Waals surface area contributed by atoms with Crippen LogP contribution in [-0.4, -0.2) is 82.4 Å². The number of ether oxygens (including phenoxy) is 2. The predicted molar refractivity (Wildman–Crippen MR) is 235 cm³/mol. The topological polar surface area (TPSA) is 175 Å². The van der Waals surface area contributed by atoms with Crippen molar-refractivity contribution in [2.24, 2.45) is 22.7 Å². The van der Waals surface area contributed by atoms with Gasteiger partial charge < -0.3 is 14.4 Å². The molecule has 2 aliphatic carbocycles. The number of likely N-dealkylation sites (tertiary alicyclic amines) is 1. The van der Waals surface area contributed by atoms with Crippen molar-refractivity contribution in [3.63, 3.8) is 0 Å². The van der Waals surface area contributed by atoms with Crippen molar-refractivity contribution in [1.29, 1.82) is 0 Å². The highest BCUT2D eigenvalue weighted by atomic mass is 32.2. The summed E-state index contributed by atoms with van der Waals surface area (Å²) in [4.78, 5) is 71.5. The molecule has 13 nitrogen and oxygen atoms in total. The van der Waals surface area contributed by atoms with Gasteiger partial charge in [0, 0.05) is 46.2 Å². The van der Waals surface area contributed by atoms with Crippen LogP contribution in [0.3, 0.4) is 0 Å². The van der Waals surface area contributed by atoms with E-state index in [9.17, 15) is 36.0 Å². The lowest BCUT2D eigenvalue weighted by atomic mass is 9.77. The maximum atomic E-state index is 15.0. The van der Waals surface area contributed by atoms with E-state index in [1.807, 2.05) is 45.0 Å². The molecule has 1 saturated heterocycles. The van der Waals surface area contributed by atoms with Crippen LogP contribution in [0.4, 0.5) is 13.2 Å². The van der Waals surface area contributed by atoms with Crippen LogP contribution in [0.15, 0.2) is 66.6 Å². The van der Waals surface area contributed by atoms with E-state index in [0.29, 0.717) is 33.6 Å². The second-order valence-electron chi connectivity index (χ2n) is 17.7. The zero-order valence-corrected chi connectivity index (χ0v) is 37.9. The molecular weight excluding hydrogens is 892 g/mol. The molecule has 3 aromatic heterocycles. The van der Waals surface area contributed by atoms with Crippen molar-refractivity contribution >= 4 is 76.6 Å². The monoisotopic (exact) mass is 937 g/mol. The number of carbonyl (C=O) groups is 4. The Morgan fingerprint density at radius 3 is 2.41 bits per heavy atom. The predicted octanol–water partition coefficient (Wildman–Crippen LogP) is 8.18. The van der Waals surface area contributed by atoms with Gasteiger partial charge in [-0.25, -0.2) is 23.2 Å². The highest BCUT2D eigenvalue weighted by Gasteiger charge is 2.61. The van der Waals surface area contributed by atoms with Crippen LogP contribution in [0.2, 0.25) is 0 Å². The number of benzene rings is 2. The van der Waals surface area contributed by atoms with Gasteiger partial charge in [0.15, 0.2) is 17.3 Å². The number of carbonyl (C=O) groups excluding carboxylic acids is 4. The third-order valence-corrected chi connectivity index (χ3v) is 16.0. The van der Waals surface area contributed by atoms with Crippen LogP contribution in [0.25, 0.3) is 31.7 Å². The number of allylic oxidation sites excluding steroid dienone is 1. The molecule has 2 saturated carbocycles. The molecule has 19 heteroatoms. The molecule has 0 spiro atoms. The van der Waals surface area contributed by atoms with E-state index in [4.69, 9.17) is 19.4 Å². The number of nitrogens with zero attached hydrogens (tertiary/aromatic N) is 4. The zero-order chi connectivity index (χ0) is 45.9. The normalized spacial score (nSPS) is 21.7. The van der Waals surface area contributed by atoms with E-state index in [1.54, 1.807) is 12.3 Å². The molecule has 0 radical (unpaired) electrons. The second kappa shape index (κ2) is 16.9. The smallest absolute Gasteiger partial charge is 0.416 e. The number of hydrogen-bond donors (Lipinski definition) is 1. The van der Waals surface area contributed by atoms with Gasteiger partial charge in [-0.15, -0.1) is 29.3 Å². The summed E-state index contributed by atoms with van der Waals surface area (Å²) in [5, 5.41) is 2.18. The average molecular weight is 938 g/mol. The molecule has 0 unspecified atom stereocenters. The number of aromatic nitrogens is 3. The zero-order valence-electron chi connectivity index (χ0n) is 35.4. The first-order valence-electron chi connectivity index (χ1n) is 20.9. The molecule has 8 rings (SSSR count). The van der Waals surface area contributed by atoms with Crippen molar-refractivity contribution in [2.45, 2.75) is 89.8 Å². The molecule has 1 N–H and O–H groups in total. The molecule has 0 bridgehead atoms. The Morgan fingerprint density at radius 2 is 1.77 bits per heavy atom. The van der Waals surface area contributed by atoms with E-state index >= 15 is 4.79 Å². The van der Waals surface area contributed by atoms with Gasteiger partial charge in [0.2, 0.25) is 27.7 Å². The highest BCUT2D eigenvalue weighted by molar-refractivity contribution is 7.90. The quantitative estimate of drug-likeness (QED) is 0.0792. The van der Waals surface area contributed by atoms with Crippen LogP contribution in [-0.2, 0) is 41.7 Å². The SMILES string of the molecule is C=C[C@@H]1C[C@]1(CC(=O)[C@@H]1C[C@@H](Oc2nc(-c3ccc(C(F)(F)F)cc3)nc3c2sc2ccccc23)CN1C(=O)[C@@H](Cc1nc(C(=O)OCC)cs1)C(C)(C)C)C(=O)NS(=O)(=O)C1CC1. The van der Waals surface area contributed by atoms with Gasteiger partial charge in [-0.05, 0) is 55.7 Å². The first kappa shape index (κ1) is 45.3. The van der Waals surface area contributed by atoms with Gasteiger partial charge >= 0.3 is 12.1 Å². The standard InChI is InChI=1S/C45H46F3N5O8S3/c1-6-25-20-44(25,42(57)52-64(58,59)28-16-17-28)21-33(54)32-18-27(22-53(32)40(55)30(43(3,4)5)19-35-49-31(23-62-35)41(56)60-7-2)61-39-37-36(29-10-8-9-11-34(29)63-37)50-38(51-39)24-12-14-26(15-13-24)45(46,47)48/h6,8-15,23,25,27-28,30,32H,1,7,16-22H2,2-5H3,(H,52,57)/t25-,27-,30-,32+,44-/m1/s1. The van der Waals surface area contributed by atoms with Crippen molar-refractivity contribution in [3.05, 3.63) is 82.8 Å². The summed E-state index contributed by atoms with van der Waals surface area (Å²) in [6, 6.07) is 10.8. The number of esters is 1. The molecule has 5 aromatic rings. The number of alkyl halides is 3. The van der Waals surface area contributed by atoms with Gasteiger partial charge in [0.05, 0.1) is 45.9 Å². The number of fused-ring (bicyclic) bond motifs is 3. The number of nitrogens with one attached hydrogen (secondary N) is 1. The molecule has 5 atom stereocenters. The van der Waals surface area contributed by atoms with E-state index in [0.717, 1.165) is 22.2 Å². The Hall–Kier alpha value is -5.27. The number of halogens is 3. The van der Waals surface area contributed by atoms with Crippen LogP contribution >= 0.6 is 22.7 Å². The van der Waals surface area contributed by atoms with Gasteiger partial charge in [0.1, 0.15) is 10.8 Å². The lowest BCUT2D eigenvalue weighted by molar-refractivity contribution is -0.144. The minimum atomic E-state index is -4.55. The molecule has 3 fully saturated rings. The summed E-state index contributed by atoms with van der Waals surface area (Å²) in [6.45, 7) is 11.2. The minimum absolute atomic E-state index is 0.0193. The number of rotatable bonds is 15. The number of thiophene rings is 1. The van der Waals surface area contributed by atoms with Crippen molar-refractivity contribution in [1.82, 2.24) is 24.6 Å². The molecule has 1 aliphatic heterocycles. The van der Waals surface area contributed by atoms with E-state index in [2.05, 4.69) is 16.3 Å². The third-order valence-electron chi connectivity index (χ3n) is 12.2. The molecule has 4 heterocycles. The Labute approximate surface area is 375 Å². The number of sulfonamides is 1. The summed E-state index contributed by atoms with van der Waals surface area (Å²) >= 11 is 2.57. The first-order valence-corrected chi connectivity index (χ1v) is 24.1. The van der Waals surface area contributed by atoms with Gasteiger partial charge in [-0.3, -0.25) is 19.1 Å². The molecule has 338 valence electrons. The first-order chi connectivity index (χ1) is 30.2. The Kier molecular flexibility index (Phi) is 12.0. The highest BCUT2D eigenvalue weighted by Crippen LogP contribution is 2.57. The maximum absolute atomic E-state index is 15.0. The van der Waals surface area contributed by atoms with Crippen molar-refractivity contribution < 1.29 is 50.2 Å². The summed E-state index contributed by atoms with van der Waals surface area (Å²) in [6.07, 6.45) is -3.04. The Balaban J connectivity index is 1.15. The minimum Gasteiger partial charge on any atom is -0.471 e. The average Bonchev–Trinajstić information content (AvgIpc) is 4.07. The maximum Gasteiger partial charge on any atom is 0.416 e. The Morgan fingerprint density at radius 1 is 1.05 bits per heavy atom. The largest absolute Gasteiger partial charge is 0.471 e. The van der Waals surface area contributed by atoms with Crippen LogP contribution in [0.5, 0.6) is 5.88 Å². The fourth-order valence-electron chi connectivity index (χ4n) is 8.32. The number of Topliss-reactive ketones (excluding diaryl/α,β-unsaturated/α-hetero) is 1. The van der Waals surface area contributed by atoms with Gasteiger partial charge in [0.25, 0.3) is 0 Å². The van der Waals surface area contributed by atoms with Gasteiger partial charge in [-0.1, -0.05) is 57.2 Å². The number of ketones is 1. The lowest BCUT2D eigenvalue weighted by Crippen LogP contribution is -2.48. The second-order valence-corrected chi connectivity index (χ2v) is 21.6. The molecule has 3 aliphatic rings. The van der Waals surface area contributed by atoms with Gasteiger partial charge in [-0.2, -0.15) is 18.2 Å². The van der Waals surface area contributed by atoms with Crippen molar-refractivity contribution in [2.75, 3.05) is 13.2 Å². The summed E-state index contributed by atoms with van der Waals surface area (Å²) in [5.74, 6) is -3.24. The Bertz CT molecular complexity index is 2780. The van der Waals surface area contributed by atoms with E-state index in [-0.39, 0.29) is 56.2 Å². The van der Waals surface area contributed by atoms with Crippen molar-refractivity contribution in [3.8, 4) is 17.3 Å². The van der Waals surface area contributed by atoms with Crippen LogP contribution in [0, 0.1) is 22.7 Å². The van der Waals surface area contributed by atoms with Crippen LogP contribution < -0.4 is 9.46 Å². The summed E-state index contributed by atoms with van der Waals surface area (Å²) in [7, 11) is -3.93. The van der Waals surface area contributed by atoms with Crippen LogP contribution in [0.1, 0.15) is 80.9 Å². The number of thiazole rings is 1. The fourth-order valence-corrected chi connectivity index (χ4v) is 11.6. The summed E-state index contributed by atoms with van der Waals surface area (Å²) < 4.78 is 81.7. The fraction of sp³-hybridized carbons (Fsp3) is 0.444. The van der Waals surface area contributed by atoms with E-state index < -0.39 is 85.4 Å².